The molecule has 1 N–H and O–H groups in total. The van der Waals surface area contributed by atoms with Crippen molar-refractivity contribution in [1.29, 1.82) is 0 Å². The van der Waals surface area contributed by atoms with Crippen molar-refractivity contribution in [3.05, 3.63) is 59.1 Å². The molecule has 0 heterocycles. The van der Waals surface area contributed by atoms with Crippen LogP contribution < -0.4 is 10.1 Å². The molecule has 0 aliphatic heterocycles. The molecule has 0 unspecified atom stereocenters. The smallest absolute Gasteiger partial charge is 0.261 e. The molecule has 0 radical (unpaired) electrons. The van der Waals surface area contributed by atoms with Gasteiger partial charge in [0, 0.05) is 11.3 Å². The number of rotatable bonds is 7. The Morgan fingerprint density at radius 1 is 1.12 bits per heavy atom. The molecule has 7 heteroatoms. The fraction of sp³-hybridized carbons (Fsp3) is 0.316. The van der Waals surface area contributed by atoms with Crippen molar-refractivity contribution in [2.24, 2.45) is 0 Å². The Bertz CT molecular complexity index is 848. The molecule has 0 saturated heterocycles. The zero-order valence-corrected chi connectivity index (χ0v) is 16.5. The minimum absolute atomic E-state index is 0.229. The number of ether oxygens (including phenoxy) is 1. The zero-order chi connectivity index (χ0) is 19.3. The Labute approximate surface area is 159 Å². The van der Waals surface area contributed by atoms with E-state index in [0.717, 1.165) is 11.8 Å². The zero-order valence-electron chi connectivity index (χ0n) is 14.9. The molecule has 26 heavy (non-hydrogen) atoms. The van der Waals surface area contributed by atoms with Crippen LogP contribution in [0.1, 0.15) is 31.9 Å². The fourth-order valence-corrected chi connectivity index (χ4v) is 3.18. The largest absolute Gasteiger partial charge is 0.481 e. The first-order valence-electron chi connectivity index (χ1n) is 8.23. The maximum absolute atomic E-state index is 12.4. The standard InChI is InChI=1S/C19H22ClNO4S/c1-4-18(14-5-11-17(12-6-14)26(3,23)24)21-19(22)13(2)25-16-9-7-15(20)8-10-16/h5-13,18H,4H2,1-3H3,(H,21,22)/t13-,18-/m0/s1. The predicted molar refractivity (Wildman–Crippen MR) is 102 cm³/mol. The second kappa shape index (κ2) is 8.56. The summed E-state index contributed by atoms with van der Waals surface area (Å²) in [6.07, 6.45) is 1.15. The lowest BCUT2D eigenvalue weighted by atomic mass is 10.0. The molecule has 0 aromatic heterocycles. The van der Waals surface area contributed by atoms with Gasteiger partial charge in [-0.15, -0.1) is 0 Å². The minimum Gasteiger partial charge on any atom is -0.481 e. The van der Waals surface area contributed by atoms with Crippen molar-refractivity contribution in [3.8, 4) is 5.75 Å². The fourth-order valence-electron chi connectivity index (χ4n) is 2.43. The van der Waals surface area contributed by atoms with Gasteiger partial charge < -0.3 is 10.1 Å². The number of nitrogens with one attached hydrogen (secondary N) is 1. The van der Waals surface area contributed by atoms with Crippen molar-refractivity contribution in [3.63, 3.8) is 0 Å². The van der Waals surface area contributed by atoms with E-state index in [1.54, 1.807) is 55.5 Å². The van der Waals surface area contributed by atoms with Gasteiger partial charge in [0.1, 0.15) is 5.75 Å². The van der Waals surface area contributed by atoms with Gasteiger partial charge in [0.05, 0.1) is 10.9 Å². The summed E-state index contributed by atoms with van der Waals surface area (Å²) in [5.74, 6) is 0.307. The number of carbonyl (C=O) groups is 1. The van der Waals surface area contributed by atoms with Crippen molar-refractivity contribution < 1.29 is 17.9 Å². The van der Waals surface area contributed by atoms with Crippen LogP contribution in [0.5, 0.6) is 5.75 Å². The quantitative estimate of drug-likeness (QED) is 0.774. The van der Waals surface area contributed by atoms with E-state index in [1.807, 2.05) is 6.92 Å². The van der Waals surface area contributed by atoms with Crippen LogP contribution in [-0.4, -0.2) is 26.7 Å². The molecule has 0 saturated carbocycles. The Morgan fingerprint density at radius 2 is 1.69 bits per heavy atom. The molecule has 5 nitrogen and oxygen atoms in total. The monoisotopic (exact) mass is 395 g/mol. The van der Waals surface area contributed by atoms with E-state index in [2.05, 4.69) is 5.32 Å². The number of halogens is 1. The summed E-state index contributed by atoms with van der Waals surface area (Å²) in [7, 11) is -3.24. The lowest BCUT2D eigenvalue weighted by molar-refractivity contribution is -0.128. The molecule has 0 bridgehead atoms. The van der Waals surface area contributed by atoms with Gasteiger partial charge in [-0.25, -0.2) is 8.42 Å². The highest BCUT2D eigenvalue weighted by atomic mass is 35.5. The van der Waals surface area contributed by atoms with E-state index >= 15 is 0 Å². The molecule has 0 fully saturated rings. The maximum Gasteiger partial charge on any atom is 0.261 e. The van der Waals surface area contributed by atoms with Crippen molar-refractivity contribution in [2.75, 3.05) is 6.26 Å². The average Bonchev–Trinajstić information content (AvgIpc) is 2.60. The van der Waals surface area contributed by atoms with Crippen molar-refractivity contribution in [2.45, 2.75) is 37.3 Å². The summed E-state index contributed by atoms with van der Waals surface area (Å²) in [6, 6.07) is 13.1. The highest BCUT2D eigenvalue weighted by molar-refractivity contribution is 7.90. The van der Waals surface area contributed by atoms with Gasteiger partial charge in [0.15, 0.2) is 15.9 Å². The second-order valence-corrected chi connectivity index (χ2v) is 8.48. The van der Waals surface area contributed by atoms with Crippen LogP contribution in [0.3, 0.4) is 0 Å². The predicted octanol–water partition coefficient (Wildman–Crippen LogP) is 3.78. The van der Waals surface area contributed by atoms with Crippen LogP contribution in [-0.2, 0) is 14.6 Å². The third-order valence-corrected chi connectivity index (χ3v) is 5.31. The average molecular weight is 396 g/mol. The summed E-state index contributed by atoms with van der Waals surface area (Å²) in [6.45, 7) is 3.61. The van der Waals surface area contributed by atoms with Gasteiger partial charge in [-0.1, -0.05) is 30.7 Å². The molecule has 2 aromatic rings. The summed E-state index contributed by atoms with van der Waals surface area (Å²) in [5, 5.41) is 3.53. The van der Waals surface area contributed by atoms with Crippen molar-refractivity contribution >= 4 is 27.3 Å². The van der Waals surface area contributed by atoms with Crippen LogP contribution in [0, 0.1) is 0 Å². The summed E-state index contributed by atoms with van der Waals surface area (Å²) in [5.41, 5.74) is 0.840. The van der Waals surface area contributed by atoms with E-state index in [9.17, 15) is 13.2 Å². The van der Waals surface area contributed by atoms with Crippen LogP contribution >= 0.6 is 11.6 Å². The molecule has 2 rings (SSSR count). The first-order chi connectivity index (χ1) is 12.2. The van der Waals surface area contributed by atoms with E-state index in [1.165, 1.54) is 0 Å². The Balaban J connectivity index is 2.04. The normalized spacial score (nSPS) is 13.7. The van der Waals surface area contributed by atoms with Gasteiger partial charge in [0.2, 0.25) is 0 Å². The Morgan fingerprint density at radius 3 is 2.19 bits per heavy atom. The third kappa shape index (κ3) is 5.47. The minimum atomic E-state index is -3.24. The summed E-state index contributed by atoms with van der Waals surface area (Å²) < 4.78 is 28.7. The first-order valence-corrected chi connectivity index (χ1v) is 10.5. The van der Waals surface area contributed by atoms with Crippen LogP contribution in [0.2, 0.25) is 5.02 Å². The van der Waals surface area contributed by atoms with Gasteiger partial charge in [-0.05, 0) is 55.3 Å². The van der Waals surface area contributed by atoms with E-state index < -0.39 is 15.9 Å². The Kier molecular flexibility index (Phi) is 6.67. The molecule has 1 amide bonds. The van der Waals surface area contributed by atoms with Crippen LogP contribution in [0.4, 0.5) is 0 Å². The van der Waals surface area contributed by atoms with Crippen LogP contribution in [0.15, 0.2) is 53.4 Å². The molecule has 140 valence electrons. The molecular formula is C19H22ClNO4S. The molecular weight excluding hydrogens is 374 g/mol. The number of sulfone groups is 1. The molecule has 0 aliphatic carbocycles. The van der Waals surface area contributed by atoms with Crippen LogP contribution in [0.25, 0.3) is 0 Å². The topological polar surface area (TPSA) is 72.5 Å². The first kappa shape index (κ1) is 20.3. The van der Waals surface area contributed by atoms with E-state index in [0.29, 0.717) is 17.2 Å². The number of carbonyl (C=O) groups excluding carboxylic acids is 1. The SMILES string of the molecule is CC[C@H](NC(=O)[C@H](C)Oc1ccc(Cl)cc1)c1ccc(S(C)(=O)=O)cc1. The molecule has 0 aliphatic rings. The Hall–Kier alpha value is -2.05. The summed E-state index contributed by atoms with van der Waals surface area (Å²) in [4.78, 5) is 12.7. The highest BCUT2D eigenvalue weighted by Crippen LogP contribution is 2.20. The van der Waals surface area contributed by atoms with Gasteiger partial charge >= 0.3 is 0 Å². The number of amides is 1. The lowest BCUT2D eigenvalue weighted by Crippen LogP contribution is -2.38. The second-order valence-electron chi connectivity index (χ2n) is 6.02. The summed E-state index contributed by atoms with van der Waals surface area (Å²) >= 11 is 5.83. The number of benzene rings is 2. The molecule has 2 aromatic carbocycles. The third-order valence-electron chi connectivity index (χ3n) is 3.93. The van der Waals surface area contributed by atoms with Gasteiger partial charge in [0.25, 0.3) is 5.91 Å². The van der Waals surface area contributed by atoms with E-state index in [4.69, 9.17) is 16.3 Å². The molecule has 0 spiro atoms. The van der Waals surface area contributed by atoms with Gasteiger partial charge in [-0.3, -0.25) is 4.79 Å². The number of hydrogen-bond donors (Lipinski definition) is 1. The molecule has 2 atom stereocenters. The van der Waals surface area contributed by atoms with Gasteiger partial charge in [-0.2, -0.15) is 0 Å². The highest BCUT2D eigenvalue weighted by Gasteiger charge is 2.20. The lowest BCUT2D eigenvalue weighted by Gasteiger charge is -2.21. The number of hydrogen-bond acceptors (Lipinski definition) is 4. The van der Waals surface area contributed by atoms with E-state index in [-0.39, 0.29) is 16.8 Å². The van der Waals surface area contributed by atoms with Crippen molar-refractivity contribution in [1.82, 2.24) is 5.32 Å². The maximum atomic E-state index is 12.4.